The minimum atomic E-state index is -2.75. The van der Waals surface area contributed by atoms with E-state index in [9.17, 15) is 13.6 Å². The van der Waals surface area contributed by atoms with E-state index in [1.54, 1.807) is 0 Å². The van der Waals surface area contributed by atoms with Crippen LogP contribution in [0.25, 0.3) is 0 Å². The molecule has 1 amide bonds. The van der Waals surface area contributed by atoms with E-state index in [2.05, 4.69) is 10.4 Å². The fourth-order valence-corrected chi connectivity index (χ4v) is 1.52. The van der Waals surface area contributed by atoms with E-state index in [-0.39, 0.29) is 18.3 Å². The number of carbonyl (C=O) groups is 1. The molecule has 0 bridgehead atoms. The number of hydrogen-bond acceptors (Lipinski definition) is 4. The summed E-state index contributed by atoms with van der Waals surface area (Å²) in [5.74, 6) is -0.511. The molecule has 1 aliphatic rings. The van der Waals surface area contributed by atoms with Gasteiger partial charge in [0.15, 0.2) is 0 Å². The summed E-state index contributed by atoms with van der Waals surface area (Å²) in [6.45, 7) is -1.04. The molecule has 1 fully saturated rings. The molecule has 2 rings (SSSR count). The minimum absolute atomic E-state index is 0.0490. The second-order valence-corrected chi connectivity index (χ2v) is 3.74. The Morgan fingerprint density at radius 1 is 1.61 bits per heavy atom. The van der Waals surface area contributed by atoms with Crippen molar-refractivity contribution in [3.63, 3.8) is 0 Å². The number of alkyl halides is 2. The molecule has 100 valence electrons. The molecule has 0 spiro atoms. The maximum atomic E-state index is 12.3. The number of rotatable bonds is 4. The van der Waals surface area contributed by atoms with Crippen molar-refractivity contribution < 1.29 is 23.0 Å². The van der Waals surface area contributed by atoms with Gasteiger partial charge in [-0.15, -0.1) is 0 Å². The van der Waals surface area contributed by atoms with Crippen LogP contribution in [-0.4, -0.2) is 48.2 Å². The van der Waals surface area contributed by atoms with E-state index in [1.807, 2.05) is 0 Å². The van der Waals surface area contributed by atoms with Gasteiger partial charge in [0.05, 0.1) is 25.9 Å². The first-order chi connectivity index (χ1) is 8.66. The third-order valence-electron chi connectivity index (χ3n) is 2.42. The van der Waals surface area contributed by atoms with Crippen LogP contribution >= 0.6 is 0 Å². The number of halogens is 2. The van der Waals surface area contributed by atoms with Crippen LogP contribution in [0.1, 0.15) is 17.0 Å². The highest BCUT2D eigenvalue weighted by Gasteiger charge is 2.17. The number of aromatic nitrogens is 2. The molecule has 0 aliphatic carbocycles. The van der Waals surface area contributed by atoms with Crippen LogP contribution in [0.15, 0.2) is 12.3 Å². The predicted octanol–water partition coefficient (Wildman–Crippen LogP) is 0.423. The maximum absolute atomic E-state index is 12.3. The van der Waals surface area contributed by atoms with Crippen LogP contribution < -0.4 is 5.32 Å². The SMILES string of the molecule is O=C(NC[C@H]1COCCO1)c1ccn(C(F)F)n1. The molecule has 2 heterocycles. The summed E-state index contributed by atoms with van der Waals surface area (Å²) in [5.41, 5.74) is -0.0490. The first-order valence-electron chi connectivity index (χ1n) is 5.47. The number of hydrogen-bond donors (Lipinski definition) is 1. The van der Waals surface area contributed by atoms with Crippen LogP contribution in [0.5, 0.6) is 0 Å². The lowest BCUT2D eigenvalue weighted by Gasteiger charge is -2.22. The second-order valence-electron chi connectivity index (χ2n) is 3.74. The Kier molecular flexibility index (Phi) is 4.21. The number of nitrogens with one attached hydrogen (secondary N) is 1. The Labute approximate surface area is 102 Å². The number of amides is 1. The molecule has 0 aromatic carbocycles. The van der Waals surface area contributed by atoms with E-state index < -0.39 is 12.5 Å². The molecule has 18 heavy (non-hydrogen) atoms. The third kappa shape index (κ3) is 3.23. The average molecular weight is 261 g/mol. The Morgan fingerprint density at radius 2 is 2.44 bits per heavy atom. The lowest BCUT2D eigenvalue weighted by Crippen LogP contribution is -2.39. The van der Waals surface area contributed by atoms with Gasteiger partial charge in [0.25, 0.3) is 5.91 Å². The van der Waals surface area contributed by atoms with Gasteiger partial charge in [-0.2, -0.15) is 13.9 Å². The second kappa shape index (κ2) is 5.87. The van der Waals surface area contributed by atoms with Gasteiger partial charge in [-0.1, -0.05) is 0 Å². The van der Waals surface area contributed by atoms with Crippen molar-refractivity contribution in [2.75, 3.05) is 26.4 Å². The fourth-order valence-electron chi connectivity index (χ4n) is 1.52. The Bertz CT molecular complexity index is 405. The van der Waals surface area contributed by atoms with Crippen molar-refractivity contribution in [3.8, 4) is 0 Å². The average Bonchev–Trinajstić information content (AvgIpc) is 2.87. The van der Waals surface area contributed by atoms with E-state index in [0.717, 1.165) is 6.20 Å². The minimum Gasteiger partial charge on any atom is -0.376 e. The summed E-state index contributed by atoms with van der Waals surface area (Å²) < 4.78 is 35.4. The van der Waals surface area contributed by atoms with E-state index >= 15 is 0 Å². The van der Waals surface area contributed by atoms with Crippen molar-refractivity contribution >= 4 is 5.91 Å². The largest absolute Gasteiger partial charge is 0.376 e. The zero-order valence-electron chi connectivity index (χ0n) is 9.51. The molecule has 0 saturated carbocycles. The molecular formula is C10H13F2N3O3. The third-order valence-corrected chi connectivity index (χ3v) is 2.42. The summed E-state index contributed by atoms with van der Waals surface area (Å²) in [6.07, 6.45) is 0.847. The molecular weight excluding hydrogens is 248 g/mol. The van der Waals surface area contributed by atoms with Gasteiger partial charge in [0.1, 0.15) is 5.69 Å². The molecule has 8 heteroatoms. The van der Waals surface area contributed by atoms with Gasteiger partial charge in [-0.05, 0) is 6.07 Å². The van der Waals surface area contributed by atoms with Gasteiger partial charge in [-0.3, -0.25) is 4.79 Å². The summed E-state index contributed by atoms with van der Waals surface area (Å²) >= 11 is 0. The quantitative estimate of drug-likeness (QED) is 0.853. The van der Waals surface area contributed by atoms with Gasteiger partial charge in [-0.25, -0.2) is 4.68 Å². The lowest BCUT2D eigenvalue weighted by molar-refractivity contribution is -0.0855. The van der Waals surface area contributed by atoms with Crippen LogP contribution in [0.4, 0.5) is 8.78 Å². The topological polar surface area (TPSA) is 65.4 Å². The van der Waals surface area contributed by atoms with Crippen molar-refractivity contribution in [1.29, 1.82) is 0 Å². The monoisotopic (exact) mass is 261 g/mol. The number of ether oxygens (including phenoxy) is 2. The smallest absolute Gasteiger partial charge is 0.333 e. The Balaban J connectivity index is 1.83. The van der Waals surface area contributed by atoms with E-state index in [1.165, 1.54) is 6.07 Å². The first-order valence-corrected chi connectivity index (χ1v) is 5.47. The molecule has 1 N–H and O–H groups in total. The standard InChI is InChI=1S/C10H13F2N3O3/c11-10(12)15-2-1-8(14-15)9(16)13-5-7-6-17-3-4-18-7/h1-2,7,10H,3-6H2,(H,13,16)/t7-/m0/s1. The highest BCUT2D eigenvalue weighted by atomic mass is 19.3. The van der Waals surface area contributed by atoms with Crippen molar-refractivity contribution in [2.45, 2.75) is 12.7 Å². The van der Waals surface area contributed by atoms with Crippen LogP contribution in [0.3, 0.4) is 0 Å². The molecule has 6 nitrogen and oxygen atoms in total. The summed E-state index contributed by atoms with van der Waals surface area (Å²) in [7, 11) is 0. The van der Waals surface area contributed by atoms with Gasteiger partial charge in [0.2, 0.25) is 0 Å². The summed E-state index contributed by atoms with van der Waals surface area (Å²) in [4.78, 5) is 11.6. The number of carbonyl (C=O) groups excluding carboxylic acids is 1. The zero-order valence-corrected chi connectivity index (χ0v) is 9.51. The Morgan fingerprint density at radius 3 is 3.06 bits per heavy atom. The van der Waals surface area contributed by atoms with Gasteiger partial charge in [0, 0.05) is 12.7 Å². The predicted molar refractivity (Wildman–Crippen MR) is 56.4 cm³/mol. The highest BCUT2D eigenvalue weighted by molar-refractivity contribution is 5.92. The van der Waals surface area contributed by atoms with Crippen molar-refractivity contribution in [1.82, 2.24) is 15.1 Å². The van der Waals surface area contributed by atoms with Gasteiger partial charge < -0.3 is 14.8 Å². The van der Waals surface area contributed by atoms with E-state index in [4.69, 9.17) is 9.47 Å². The fraction of sp³-hybridized carbons (Fsp3) is 0.600. The van der Waals surface area contributed by atoms with Crippen molar-refractivity contribution in [2.24, 2.45) is 0 Å². The molecule has 1 aliphatic heterocycles. The zero-order chi connectivity index (χ0) is 13.0. The molecule has 0 unspecified atom stereocenters. The molecule has 1 saturated heterocycles. The molecule has 1 aromatic heterocycles. The lowest BCUT2D eigenvalue weighted by atomic mass is 10.3. The van der Waals surface area contributed by atoms with Crippen LogP contribution in [0, 0.1) is 0 Å². The van der Waals surface area contributed by atoms with Crippen molar-refractivity contribution in [3.05, 3.63) is 18.0 Å². The molecule has 1 atom stereocenters. The maximum Gasteiger partial charge on any atom is 0.333 e. The molecule has 1 aromatic rings. The van der Waals surface area contributed by atoms with Crippen LogP contribution in [0.2, 0.25) is 0 Å². The normalized spacial score (nSPS) is 20.1. The Hall–Kier alpha value is -1.54. The number of nitrogens with zero attached hydrogens (tertiary/aromatic N) is 2. The highest BCUT2D eigenvalue weighted by Crippen LogP contribution is 2.08. The summed E-state index contributed by atoms with van der Waals surface area (Å²) in [6, 6.07) is 1.24. The van der Waals surface area contributed by atoms with Crippen LogP contribution in [-0.2, 0) is 9.47 Å². The first kappa shape index (κ1) is 12.9. The molecule has 0 radical (unpaired) electrons. The van der Waals surface area contributed by atoms with Gasteiger partial charge >= 0.3 is 6.55 Å². The van der Waals surface area contributed by atoms with E-state index in [0.29, 0.717) is 24.5 Å². The summed E-state index contributed by atoms with van der Waals surface area (Å²) in [5, 5.41) is 6.01.